The number of aromatic carboxylic acids is 1. The van der Waals surface area contributed by atoms with Crippen molar-refractivity contribution < 1.29 is 14.7 Å². The van der Waals surface area contributed by atoms with Gasteiger partial charge in [-0.2, -0.15) is 0 Å². The number of rotatable bonds is 5. The average molecular weight is 277 g/mol. The molecule has 0 aromatic carbocycles. The number of carboxylic acids is 1. The van der Waals surface area contributed by atoms with Gasteiger partial charge in [-0.3, -0.25) is 0 Å². The molecule has 1 aromatic rings. The Hall–Kier alpha value is -2.11. The Kier molecular flexibility index (Phi) is 3.92. The average Bonchev–Trinajstić information content (AvgIpc) is 3.21. The van der Waals surface area contributed by atoms with Crippen LogP contribution in [-0.2, 0) is 6.54 Å². The molecule has 2 amide bonds. The Bertz CT molecular complexity index is 507. The van der Waals surface area contributed by atoms with E-state index in [4.69, 9.17) is 5.11 Å². The number of pyridine rings is 1. The fourth-order valence-electron chi connectivity index (χ4n) is 2.08. The summed E-state index contributed by atoms with van der Waals surface area (Å²) in [6, 6.07) is 2.85. The summed E-state index contributed by atoms with van der Waals surface area (Å²) in [6.07, 6.45) is 3.78. The van der Waals surface area contributed by atoms with Crippen LogP contribution in [0.5, 0.6) is 0 Å². The maximum absolute atomic E-state index is 11.8. The van der Waals surface area contributed by atoms with E-state index in [1.165, 1.54) is 12.3 Å². The number of amides is 2. The topological polar surface area (TPSA) is 91.3 Å². The third-order valence-electron chi connectivity index (χ3n) is 3.53. The van der Waals surface area contributed by atoms with E-state index in [0.29, 0.717) is 12.5 Å². The summed E-state index contributed by atoms with van der Waals surface area (Å²) >= 11 is 0. The van der Waals surface area contributed by atoms with Crippen LogP contribution in [0.4, 0.5) is 4.79 Å². The lowest BCUT2D eigenvalue weighted by Crippen LogP contribution is -2.49. The van der Waals surface area contributed by atoms with Gasteiger partial charge in [0.2, 0.25) is 0 Å². The molecule has 1 saturated carbocycles. The molecular formula is C14H19N3O3. The largest absolute Gasteiger partial charge is 0.477 e. The Morgan fingerprint density at radius 1 is 1.40 bits per heavy atom. The van der Waals surface area contributed by atoms with Gasteiger partial charge >= 0.3 is 12.0 Å². The zero-order chi connectivity index (χ0) is 14.8. The van der Waals surface area contributed by atoms with Crippen molar-refractivity contribution >= 4 is 12.0 Å². The molecule has 1 heterocycles. The second-order valence-electron chi connectivity index (χ2n) is 5.66. The zero-order valence-electron chi connectivity index (χ0n) is 11.6. The number of nitrogens with zero attached hydrogens (tertiary/aromatic N) is 1. The molecule has 0 unspecified atom stereocenters. The van der Waals surface area contributed by atoms with E-state index in [0.717, 1.165) is 18.4 Å². The molecule has 3 N–H and O–H groups in total. The normalized spacial score (nSPS) is 14.7. The molecule has 1 aliphatic rings. The van der Waals surface area contributed by atoms with Crippen molar-refractivity contribution in [3.8, 4) is 0 Å². The second-order valence-corrected chi connectivity index (χ2v) is 5.66. The van der Waals surface area contributed by atoms with Crippen molar-refractivity contribution in [3.63, 3.8) is 0 Å². The van der Waals surface area contributed by atoms with Gasteiger partial charge in [-0.25, -0.2) is 14.6 Å². The highest BCUT2D eigenvalue weighted by molar-refractivity contribution is 5.85. The van der Waals surface area contributed by atoms with E-state index < -0.39 is 5.97 Å². The number of nitrogens with one attached hydrogen (secondary N) is 2. The number of hydrogen-bond acceptors (Lipinski definition) is 3. The first-order chi connectivity index (χ1) is 9.38. The summed E-state index contributed by atoms with van der Waals surface area (Å²) in [6.45, 7) is 4.36. The number of urea groups is 1. The van der Waals surface area contributed by atoms with Crippen molar-refractivity contribution in [2.45, 2.75) is 38.8 Å². The van der Waals surface area contributed by atoms with Gasteiger partial charge in [-0.15, -0.1) is 0 Å². The Morgan fingerprint density at radius 2 is 2.10 bits per heavy atom. The van der Waals surface area contributed by atoms with Crippen LogP contribution in [0.3, 0.4) is 0 Å². The SMILES string of the molecule is CC(C)(NC(=O)NCc1ccc(C(=O)O)nc1)C1CC1. The summed E-state index contributed by atoms with van der Waals surface area (Å²) in [5.41, 5.74) is 0.567. The quantitative estimate of drug-likeness (QED) is 0.765. The molecule has 6 heteroatoms. The number of aromatic nitrogens is 1. The van der Waals surface area contributed by atoms with Crippen molar-refractivity contribution in [1.82, 2.24) is 15.6 Å². The summed E-state index contributed by atoms with van der Waals surface area (Å²) in [4.78, 5) is 26.3. The summed E-state index contributed by atoms with van der Waals surface area (Å²) in [5.74, 6) is -0.502. The fourth-order valence-corrected chi connectivity index (χ4v) is 2.08. The molecule has 0 radical (unpaired) electrons. The Balaban J connectivity index is 1.82. The fraction of sp³-hybridized carbons (Fsp3) is 0.500. The summed E-state index contributed by atoms with van der Waals surface area (Å²) in [7, 11) is 0. The molecule has 0 atom stereocenters. The van der Waals surface area contributed by atoms with Gasteiger partial charge in [0.25, 0.3) is 0 Å². The van der Waals surface area contributed by atoms with Gasteiger partial charge in [0.1, 0.15) is 5.69 Å². The highest BCUT2D eigenvalue weighted by atomic mass is 16.4. The smallest absolute Gasteiger partial charge is 0.354 e. The van der Waals surface area contributed by atoms with E-state index in [1.807, 2.05) is 13.8 Å². The van der Waals surface area contributed by atoms with Crippen molar-refractivity contribution in [1.29, 1.82) is 0 Å². The maximum atomic E-state index is 11.8. The van der Waals surface area contributed by atoms with Crippen LogP contribution in [0.25, 0.3) is 0 Å². The first-order valence-electron chi connectivity index (χ1n) is 6.63. The van der Waals surface area contributed by atoms with E-state index >= 15 is 0 Å². The lowest BCUT2D eigenvalue weighted by molar-refractivity contribution is 0.0690. The van der Waals surface area contributed by atoms with Crippen LogP contribution in [0, 0.1) is 5.92 Å². The van der Waals surface area contributed by atoms with E-state index in [9.17, 15) is 9.59 Å². The number of hydrogen-bond donors (Lipinski definition) is 3. The van der Waals surface area contributed by atoms with Gasteiger partial charge in [0.05, 0.1) is 0 Å². The minimum Gasteiger partial charge on any atom is -0.477 e. The highest BCUT2D eigenvalue weighted by Crippen LogP contribution is 2.39. The van der Waals surface area contributed by atoms with Crippen molar-refractivity contribution in [3.05, 3.63) is 29.6 Å². The third kappa shape index (κ3) is 3.69. The maximum Gasteiger partial charge on any atom is 0.354 e. The van der Waals surface area contributed by atoms with Crippen LogP contribution in [0.15, 0.2) is 18.3 Å². The first-order valence-corrected chi connectivity index (χ1v) is 6.63. The van der Waals surface area contributed by atoms with Gasteiger partial charge in [0.15, 0.2) is 0 Å². The molecule has 1 fully saturated rings. The number of carboxylic acid groups (broad SMARTS) is 1. The van der Waals surface area contributed by atoms with E-state index in [-0.39, 0.29) is 17.3 Å². The number of carbonyl (C=O) groups excluding carboxylic acids is 1. The molecule has 0 spiro atoms. The molecular weight excluding hydrogens is 258 g/mol. The van der Waals surface area contributed by atoms with E-state index in [1.54, 1.807) is 6.07 Å². The molecule has 108 valence electrons. The predicted molar refractivity (Wildman–Crippen MR) is 73.4 cm³/mol. The van der Waals surface area contributed by atoms with Crippen LogP contribution < -0.4 is 10.6 Å². The second kappa shape index (κ2) is 5.48. The Morgan fingerprint density at radius 3 is 2.60 bits per heavy atom. The first kappa shape index (κ1) is 14.3. The minimum atomic E-state index is -1.06. The van der Waals surface area contributed by atoms with Crippen molar-refractivity contribution in [2.24, 2.45) is 5.92 Å². The van der Waals surface area contributed by atoms with Crippen molar-refractivity contribution in [2.75, 3.05) is 0 Å². The van der Waals surface area contributed by atoms with Gasteiger partial charge < -0.3 is 15.7 Å². The minimum absolute atomic E-state index is 0.00642. The van der Waals surface area contributed by atoms with Gasteiger partial charge in [0, 0.05) is 18.3 Å². The molecule has 6 nitrogen and oxygen atoms in total. The number of carbonyl (C=O) groups is 2. The Labute approximate surface area is 117 Å². The standard InChI is InChI=1S/C14H19N3O3/c1-14(2,10-4-5-10)17-13(20)16-8-9-3-6-11(12(18)19)15-7-9/h3,6-7,10H,4-5,8H2,1-2H3,(H,18,19)(H2,16,17,20). The molecule has 0 bridgehead atoms. The highest BCUT2D eigenvalue weighted by Gasteiger charge is 2.38. The van der Waals surface area contributed by atoms with Crippen LogP contribution >= 0.6 is 0 Å². The predicted octanol–water partition coefficient (Wildman–Crippen LogP) is 1.77. The molecule has 0 saturated heterocycles. The third-order valence-corrected chi connectivity index (χ3v) is 3.53. The lowest BCUT2D eigenvalue weighted by atomic mass is 9.99. The van der Waals surface area contributed by atoms with Crippen LogP contribution in [-0.4, -0.2) is 27.6 Å². The monoisotopic (exact) mass is 277 g/mol. The zero-order valence-corrected chi connectivity index (χ0v) is 11.6. The molecule has 2 rings (SSSR count). The lowest BCUT2D eigenvalue weighted by Gasteiger charge is -2.26. The molecule has 20 heavy (non-hydrogen) atoms. The summed E-state index contributed by atoms with van der Waals surface area (Å²) in [5, 5.41) is 14.4. The van der Waals surface area contributed by atoms with E-state index in [2.05, 4.69) is 15.6 Å². The summed E-state index contributed by atoms with van der Waals surface area (Å²) < 4.78 is 0. The van der Waals surface area contributed by atoms with Crippen LogP contribution in [0.1, 0.15) is 42.7 Å². The molecule has 0 aliphatic heterocycles. The molecule has 1 aromatic heterocycles. The molecule has 1 aliphatic carbocycles. The van der Waals surface area contributed by atoms with Crippen LogP contribution in [0.2, 0.25) is 0 Å². The van der Waals surface area contributed by atoms with Gasteiger partial charge in [-0.1, -0.05) is 6.07 Å². The van der Waals surface area contributed by atoms with Gasteiger partial charge in [-0.05, 0) is 44.2 Å².